The van der Waals surface area contributed by atoms with Crippen LogP contribution in [0.3, 0.4) is 0 Å². The standard InChI is InChI=1S/C26H31N5O2/c32-25(27-17-20-10-11-31(18-20)22-7-2-1-3-8-22)19-29-12-14-30(15-13-29)26(33)24-16-21-6-4-5-9-23(21)28-24/h1-9,16,20,28H,10-15,17-19H2,(H,27,32). The lowest BCUT2D eigenvalue weighted by molar-refractivity contribution is -0.122. The number of hydrogen-bond donors (Lipinski definition) is 2. The van der Waals surface area contributed by atoms with Crippen LogP contribution in [0.2, 0.25) is 0 Å². The molecule has 3 heterocycles. The van der Waals surface area contributed by atoms with Gasteiger partial charge in [0.1, 0.15) is 5.69 Å². The molecule has 1 aromatic heterocycles. The first-order chi connectivity index (χ1) is 16.2. The lowest BCUT2D eigenvalue weighted by atomic mass is 10.1. The number of nitrogens with one attached hydrogen (secondary N) is 2. The fraction of sp³-hybridized carbons (Fsp3) is 0.385. The number of nitrogens with zero attached hydrogens (tertiary/aromatic N) is 3. The highest BCUT2D eigenvalue weighted by Crippen LogP contribution is 2.23. The average molecular weight is 446 g/mol. The molecule has 0 bridgehead atoms. The smallest absolute Gasteiger partial charge is 0.270 e. The van der Waals surface area contributed by atoms with Crippen LogP contribution >= 0.6 is 0 Å². The molecule has 2 saturated heterocycles. The molecular formula is C26H31N5O2. The van der Waals surface area contributed by atoms with Gasteiger partial charge >= 0.3 is 0 Å². The molecule has 33 heavy (non-hydrogen) atoms. The molecule has 7 nitrogen and oxygen atoms in total. The number of piperazine rings is 1. The molecule has 2 N–H and O–H groups in total. The zero-order valence-corrected chi connectivity index (χ0v) is 18.9. The maximum absolute atomic E-state index is 12.9. The van der Waals surface area contributed by atoms with E-state index < -0.39 is 0 Å². The quantitative estimate of drug-likeness (QED) is 0.612. The number of carbonyl (C=O) groups excluding carboxylic acids is 2. The molecule has 5 rings (SSSR count). The van der Waals surface area contributed by atoms with Gasteiger partial charge in [-0.05, 0) is 36.6 Å². The third kappa shape index (κ3) is 5.03. The first-order valence-electron chi connectivity index (χ1n) is 11.8. The summed E-state index contributed by atoms with van der Waals surface area (Å²) >= 11 is 0. The van der Waals surface area contributed by atoms with E-state index in [1.807, 2.05) is 41.3 Å². The second kappa shape index (κ2) is 9.67. The summed E-state index contributed by atoms with van der Waals surface area (Å²) in [6.45, 7) is 5.84. The molecule has 1 atom stereocenters. The molecule has 2 aromatic carbocycles. The Balaban J connectivity index is 1.04. The van der Waals surface area contributed by atoms with Crippen molar-refractivity contribution in [3.8, 4) is 0 Å². The van der Waals surface area contributed by atoms with Crippen molar-refractivity contribution in [1.82, 2.24) is 20.1 Å². The van der Waals surface area contributed by atoms with Crippen molar-refractivity contribution in [3.63, 3.8) is 0 Å². The van der Waals surface area contributed by atoms with Gasteiger partial charge in [0.15, 0.2) is 0 Å². The van der Waals surface area contributed by atoms with E-state index >= 15 is 0 Å². The minimum absolute atomic E-state index is 0.0273. The number of fused-ring (bicyclic) bond motifs is 1. The Morgan fingerprint density at radius 2 is 1.70 bits per heavy atom. The van der Waals surface area contributed by atoms with E-state index in [0.717, 1.165) is 37.0 Å². The highest BCUT2D eigenvalue weighted by molar-refractivity contribution is 5.98. The van der Waals surface area contributed by atoms with Gasteiger partial charge in [-0.2, -0.15) is 0 Å². The summed E-state index contributed by atoms with van der Waals surface area (Å²) in [5, 5.41) is 4.17. The molecule has 1 unspecified atom stereocenters. The van der Waals surface area contributed by atoms with Gasteiger partial charge in [0.2, 0.25) is 5.91 Å². The van der Waals surface area contributed by atoms with E-state index in [4.69, 9.17) is 0 Å². The lowest BCUT2D eigenvalue weighted by Gasteiger charge is -2.34. The summed E-state index contributed by atoms with van der Waals surface area (Å²) in [6, 6.07) is 20.3. The molecule has 2 fully saturated rings. The van der Waals surface area contributed by atoms with Gasteiger partial charge in [-0.25, -0.2) is 0 Å². The van der Waals surface area contributed by atoms with Crippen LogP contribution in [0.1, 0.15) is 16.9 Å². The van der Waals surface area contributed by atoms with Crippen molar-refractivity contribution in [3.05, 3.63) is 66.4 Å². The SMILES string of the molecule is O=C(CN1CCN(C(=O)c2cc3ccccc3[nH]2)CC1)NCC1CCN(c2ccccc2)C1. The Kier molecular flexibility index (Phi) is 6.30. The number of benzene rings is 2. The van der Waals surface area contributed by atoms with Crippen LogP contribution in [-0.2, 0) is 4.79 Å². The van der Waals surface area contributed by atoms with Crippen LogP contribution in [0, 0.1) is 5.92 Å². The van der Waals surface area contributed by atoms with Gasteiger partial charge in [-0.1, -0.05) is 36.4 Å². The van der Waals surface area contributed by atoms with Crippen molar-refractivity contribution in [1.29, 1.82) is 0 Å². The second-order valence-electron chi connectivity index (χ2n) is 9.08. The molecule has 172 valence electrons. The molecule has 3 aromatic rings. The Morgan fingerprint density at radius 1 is 0.939 bits per heavy atom. The zero-order valence-electron chi connectivity index (χ0n) is 18.9. The third-order valence-electron chi connectivity index (χ3n) is 6.78. The Morgan fingerprint density at radius 3 is 2.48 bits per heavy atom. The maximum atomic E-state index is 12.9. The van der Waals surface area contributed by atoms with Crippen molar-refractivity contribution < 1.29 is 9.59 Å². The van der Waals surface area contributed by atoms with Crippen LogP contribution < -0.4 is 10.2 Å². The van der Waals surface area contributed by atoms with Crippen LogP contribution in [0.4, 0.5) is 5.69 Å². The van der Waals surface area contributed by atoms with E-state index in [0.29, 0.717) is 44.3 Å². The summed E-state index contributed by atoms with van der Waals surface area (Å²) in [5.41, 5.74) is 2.86. The molecule has 0 aliphatic carbocycles. The molecule has 2 amide bonds. The molecular weight excluding hydrogens is 414 g/mol. The first-order valence-corrected chi connectivity index (χ1v) is 11.8. The van der Waals surface area contributed by atoms with E-state index in [2.05, 4.69) is 44.4 Å². The van der Waals surface area contributed by atoms with Crippen LogP contribution in [0.5, 0.6) is 0 Å². The van der Waals surface area contributed by atoms with Gasteiger partial charge in [-0.15, -0.1) is 0 Å². The average Bonchev–Trinajstić information content (AvgIpc) is 3.51. The number of rotatable bonds is 6. The predicted molar refractivity (Wildman–Crippen MR) is 130 cm³/mol. The van der Waals surface area contributed by atoms with E-state index in [1.54, 1.807) is 0 Å². The summed E-state index contributed by atoms with van der Waals surface area (Å²) in [4.78, 5) is 35.0. The number of hydrogen-bond acceptors (Lipinski definition) is 4. The van der Waals surface area contributed by atoms with Crippen LogP contribution in [-0.4, -0.2) is 79.0 Å². The normalized spacial score (nSPS) is 19.2. The lowest BCUT2D eigenvalue weighted by Crippen LogP contribution is -2.51. The minimum atomic E-state index is 0.0273. The molecule has 2 aliphatic rings. The minimum Gasteiger partial charge on any atom is -0.371 e. The predicted octanol–water partition coefficient (Wildman–Crippen LogP) is 2.57. The number of para-hydroxylation sites is 2. The summed E-state index contributed by atoms with van der Waals surface area (Å²) < 4.78 is 0. The molecule has 7 heteroatoms. The summed E-state index contributed by atoms with van der Waals surface area (Å²) in [7, 11) is 0. The number of carbonyl (C=O) groups is 2. The third-order valence-corrected chi connectivity index (χ3v) is 6.78. The van der Waals surface area contributed by atoms with Crippen molar-refractivity contribution in [2.24, 2.45) is 5.92 Å². The van der Waals surface area contributed by atoms with Gasteiger partial charge in [-0.3, -0.25) is 14.5 Å². The van der Waals surface area contributed by atoms with Crippen LogP contribution in [0.15, 0.2) is 60.7 Å². The highest BCUT2D eigenvalue weighted by atomic mass is 16.2. The number of H-pyrrole nitrogens is 1. The van der Waals surface area contributed by atoms with Crippen molar-refractivity contribution in [2.75, 3.05) is 57.3 Å². The first kappa shape index (κ1) is 21.5. The molecule has 2 aliphatic heterocycles. The molecule has 0 spiro atoms. The summed E-state index contributed by atoms with van der Waals surface area (Å²) in [6.07, 6.45) is 1.10. The highest BCUT2D eigenvalue weighted by Gasteiger charge is 2.26. The fourth-order valence-electron chi connectivity index (χ4n) is 4.86. The Hall–Kier alpha value is -3.32. The Bertz CT molecular complexity index is 1070. The van der Waals surface area contributed by atoms with E-state index in [9.17, 15) is 9.59 Å². The van der Waals surface area contributed by atoms with Gasteiger partial charge < -0.3 is 20.1 Å². The van der Waals surface area contributed by atoms with Crippen molar-refractivity contribution in [2.45, 2.75) is 6.42 Å². The molecule has 0 radical (unpaired) electrons. The van der Waals surface area contributed by atoms with Gasteiger partial charge in [0.05, 0.1) is 6.54 Å². The topological polar surface area (TPSA) is 71.7 Å². The number of aromatic amines is 1. The maximum Gasteiger partial charge on any atom is 0.270 e. The van der Waals surface area contributed by atoms with E-state index in [-0.39, 0.29) is 11.8 Å². The van der Waals surface area contributed by atoms with Crippen LogP contribution in [0.25, 0.3) is 10.9 Å². The largest absolute Gasteiger partial charge is 0.371 e. The number of aromatic nitrogens is 1. The number of anilines is 1. The fourth-order valence-corrected chi connectivity index (χ4v) is 4.86. The monoisotopic (exact) mass is 445 g/mol. The molecule has 0 saturated carbocycles. The van der Waals surface area contributed by atoms with Gasteiger partial charge in [0, 0.05) is 62.4 Å². The van der Waals surface area contributed by atoms with Crippen molar-refractivity contribution >= 4 is 28.4 Å². The Labute approximate surface area is 194 Å². The van der Waals surface area contributed by atoms with Gasteiger partial charge in [0.25, 0.3) is 5.91 Å². The summed E-state index contributed by atoms with van der Waals surface area (Å²) in [5.74, 6) is 0.586. The number of amides is 2. The second-order valence-corrected chi connectivity index (χ2v) is 9.08. The zero-order chi connectivity index (χ0) is 22.6. The van der Waals surface area contributed by atoms with E-state index in [1.165, 1.54) is 5.69 Å².